The molecule has 1 atom stereocenters. The highest BCUT2D eigenvalue weighted by Crippen LogP contribution is 2.20. The Balaban J connectivity index is 3.49. The molecule has 0 bridgehead atoms. The van der Waals surface area contributed by atoms with Crippen molar-refractivity contribution in [1.29, 1.82) is 0 Å². The third kappa shape index (κ3) is 2.02. The average Bonchev–Trinajstić information content (AvgIpc) is 2.32. The van der Waals surface area contributed by atoms with E-state index in [1.807, 2.05) is 13.0 Å². The maximum absolute atomic E-state index is 6.11. The Labute approximate surface area is 86.8 Å². The molecule has 0 saturated carbocycles. The van der Waals surface area contributed by atoms with Gasteiger partial charge < -0.3 is 5.73 Å². The van der Waals surface area contributed by atoms with Gasteiger partial charge in [0, 0.05) is 20.7 Å². The van der Waals surface area contributed by atoms with Crippen LogP contribution in [0.25, 0.3) is 12.7 Å². The number of allylic oxidation sites excluding steroid dienone is 1. The number of thiophene rings is 1. The zero-order valence-corrected chi connectivity index (χ0v) is 9.08. The molecule has 13 heavy (non-hydrogen) atoms. The van der Waals surface area contributed by atoms with Gasteiger partial charge in [0.2, 0.25) is 0 Å². The molecule has 1 aromatic rings. The van der Waals surface area contributed by atoms with Crippen molar-refractivity contribution in [2.75, 3.05) is 0 Å². The van der Waals surface area contributed by atoms with Crippen LogP contribution in [-0.4, -0.2) is 0 Å². The molecule has 0 spiro atoms. The molecule has 0 aliphatic rings. The molecule has 1 heterocycles. The maximum atomic E-state index is 6.11. The minimum absolute atomic E-state index is 0.0371. The van der Waals surface area contributed by atoms with Gasteiger partial charge in [0.15, 0.2) is 0 Å². The molecule has 1 nitrogen and oxygen atoms in total. The van der Waals surface area contributed by atoms with Crippen LogP contribution in [0.15, 0.2) is 12.7 Å². The van der Waals surface area contributed by atoms with Crippen LogP contribution in [0, 0.1) is 0 Å². The molecule has 0 fully saturated rings. The first-order chi connectivity index (χ1) is 6.07. The molecule has 0 amide bonds. The van der Waals surface area contributed by atoms with Gasteiger partial charge >= 0.3 is 0 Å². The Morgan fingerprint density at radius 2 is 2.23 bits per heavy atom. The van der Waals surface area contributed by atoms with E-state index in [2.05, 4.69) is 13.2 Å². The van der Waals surface area contributed by atoms with Gasteiger partial charge in [-0.25, -0.2) is 0 Å². The van der Waals surface area contributed by atoms with Gasteiger partial charge in [-0.2, -0.15) is 0 Å². The molecule has 0 aliphatic carbocycles. The van der Waals surface area contributed by atoms with E-state index in [1.165, 1.54) is 0 Å². The van der Waals surface area contributed by atoms with Crippen molar-refractivity contribution in [3.63, 3.8) is 0 Å². The zero-order chi connectivity index (χ0) is 10.0. The minimum Gasteiger partial charge on any atom is -0.323 e. The SMILES string of the molecule is C=C/C=c1/c(Cl)c(C(C)N)sc1=C. The van der Waals surface area contributed by atoms with Gasteiger partial charge in [-0.15, -0.1) is 11.3 Å². The summed E-state index contributed by atoms with van der Waals surface area (Å²) in [6.45, 7) is 9.44. The lowest BCUT2D eigenvalue weighted by atomic mass is 10.2. The second kappa shape index (κ2) is 4.09. The van der Waals surface area contributed by atoms with Crippen molar-refractivity contribution < 1.29 is 0 Å². The van der Waals surface area contributed by atoms with Crippen LogP contribution in [0.2, 0.25) is 5.02 Å². The fourth-order valence-corrected chi connectivity index (χ4v) is 2.52. The van der Waals surface area contributed by atoms with Gasteiger partial charge in [-0.1, -0.05) is 36.9 Å². The van der Waals surface area contributed by atoms with Crippen molar-refractivity contribution in [2.24, 2.45) is 5.73 Å². The third-order valence-corrected chi connectivity index (χ3v) is 3.47. The summed E-state index contributed by atoms with van der Waals surface area (Å²) >= 11 is 7.66. The number of hydrogen-bond acceptors (Lipinski definition) is 2. The van der Waals surface area contributed by atoms with Crippen LogP contribution >= 0.6 is 22.9 Å². The van der Waals surface area contributed by atoms with E-state index in [9.17, 15) is 0 Å². The standard InChI is InChI=1S/C10H12ClNS/c1-4-5-8-7(3)13-10(6(2)12)9(8)11/h4-6H,1,3,12H2,2H3/b8-5+. The first kappa shape index (κ1) is 10.5. The minimum atomic E-state index is -0.0371. The summed E-state index contributed by atoms with van der Waals surface area (Å²) in [4.78, 5) is 0.986. The smallest absolute Gasteiger partial charge is 0.0639 e. The number of hydrogen-bond donors (Lipinski definition) is 1. The number of nitrogens with two attached hydrogens (primary N) is 1. The largest absolute Gasteiger partial charge is 0.323 e. The maximum Gasteiger partial charge on any atom is 0.0639 e. The fraction of sp³-hybridized carbons (Fsp3) is 0.200. The van der Waals surface area contributed by atoms with E-state index < -0.39 is 0 Å². The molecule has 0 aliphatic heterocycles. The van der Waals surface area contributed by atoms with Crippen LogP contribution in [0.4, 0.5) is 0 Å². The van der Waals surface area contributed by atoms with Crippen LogP contribution in [0.5, 0.6) is 0 Å². The van der Waals surface area contributed by atoms with Crippen molar-refractivity contribution in [3.8, 4) is 0 Å². The Morgan fingerprint density at radius 1 is 1.62 bits per heavy atom. The van der Waals surface area contributed by atoms with Gasteiger partial charge in [0.1, 0.15) is 0 Å². The molecule has 0 aromatic carbocycles. The molecule has 1 rings (SSSR count). The van der Waals surface area contributed by atoms with Crippen LogP contribution < -0.4 is 15.5 Å². The van der Waals surface area contributed by atoms with E-state index in [1.54, 1.807) is 17.4 Å². The lowest BCUT2D eigenvalue weighted by molar-refractivity contribution is 0.838. The highest BCUT2D eigenvalue weighted by atomic mass is 35.5. The van der Waals surface area contributed by atoms with E-state index in [4.69, 9.17) is 17.3 Å². The second-order valence-electron chi connectivity index (χ2n) is 2.81. The summed E-state index contributed by atoms with van der Waals surface area (Å²) in [6.07, 6.45) is 3.56. The van der Waals surface area contributed by atoms with Gasteiger partial charge in [0.05, 0.1) is 5.02 Å². The lowest BCUT2D eigenvalue weighted by Gasteiger charge is -1.99. The summed E-state index contributed by atoms with van der Waals surface area (Å²) in [5.74, 6) is 0. The normalized spacial score (nSPS) is 14.5. The molecule has 0 radical (unpaired) electrons. The molecule has 1 aromatic heterocycles. The third-order valence-electron chi connectivity index (χ3n) is 1.68. The molecular weight excluding hydrogens is 202 g/mol. The first-order valence-electron chi connectivity index (χ1n) is 3.93. The Bertz CT molecular complexity index is 417. The summed E-state index contributed by atoms with van der Waals surface area (Å²) in [5, 5.41) is 1.65. The predicted octanol–water partition coefficient (Wildman–Crippen LogP) is 1.80. The Hall–Kier alpha value is -0.570. The van der Waals surface area contributed by atoms with Crippen molar-refractivity contribution in [1.82, 2.24) is 0 Å². The Kier molecular flexibility index (Phi) is 3.31. The Morgan fingerprint density at radius 3 is 2.62 bits per heavy atom. The highest BCUT2D eigenvalue weighted by Gasteiger charge is 2.09. The van der Waals surface area contributed by atoms with Crippen molar-refractivity contribution in [3.05, 3.63) is 32.3 Å². The lowest BCUT2D eigenvalue weighted by Crippen LogP contribution is -2.16. The molecule has 3 heteroatoms. The molecule has 1 unspecified atom stereocenters. The predicted molar refractivity (Wildman–Crippen MR) is 61.4 cm³/mol. The van der Waals surface area contributed by atoms with Crippen LogP contribution in [0.1, 0.15) is 17.8 Å². The highest BCUT2D eigenvalue weighted by molar-refractivity contribution is 7.10. The zero-order valence-electron chi connectivity index (χ0n) is 7.51. The van der Waals surface area contributed by atoms with E-state index in [0.29, 0.717) is 5.02 Å². The van der Waals surface area contributed by atoms with E-state index in [0.717, 1.165) is 14.6 Å². The summed E-state index contributed by atoms with van der Waals surface area (Å²) in [7, 11) is 0. The molecular formula is C10H12ClNS. The summed E-state index contributed by atoms with van der Waals surface area (Å²) in [6, 6.07) is -0.0371. The average molecular weight is 214 g/mol. The van der Waals surface area contributed by atoms with Crippen molar-refractivity contribution in [2.45, 2.75) is 13.0 Å². The van der Waals surface area contributed by atoms with Gasteiger partial charge in [0.25, 0.3) is 0 Å². The molecule has 70 valence electrons. The van der Waals surface area contributed by atoms with Gasteiger partial charge in [-0.05, 0) is 6.92 Å². The topological polar surface area (TPSA) is 26.0 Å². The summed E-state index contributed by atoms with van der Waals surface area (Å²) in [5.41, 5.74) is 5.75. The van der Waals surface area contributed by atoms with Gasteiger partial charge in [-0.3, -0.25) is 0 Å². The first-order valence-corrected chi connectivity index (χ1v) is 5.12. The summed E-state index contributed by atoms with van der Waals surface area (Å²) < 4.78 is 0.942. The second-order valence-corrected chi connectivity index (χ2v) is 4.32. The van der Waals surface area contributed by atoms with E-state index >= 15 is 0 Å². The number of halogens is 1. The quantitative estimate of drug-likeness (QED) is 0.797. The molecule has 0 saturated heterocycles. The van der Waals surface area contributed by atoms with Crippen LogP contribution in [0.3, 0.4) is 0 Å². The molecule has 2 N–H and O–H groups in total. The number of rotatable bonds is 2. The van der Waals surface area contributed by atoms with Crippen molar-refractivity contribution >= 4 is 35.6 Å². The monoisotopic (exact) mass is 213 g/mol. The van der Waals surface area contributed by atoms with E-state index in [-0.39, 0.29) is 6.04 Å². The van der Waals surface area contributed by atoms with Crippen LogP contribution in [-0.2, 0) is 0 Å². The fourth-order valence-electron chi connectivity index (χ4n) is 1.06.